The maximum absolute atomic E-state index is 12.3. The molecule has 3 atom stereocenters. The first-order chi connectivity index (χ1) is 9.54. The summed E-state index contributed by atoms with van der Waals surface area (Å²) in [5.74, 6) is 1.02. The van der Waals surface area contributed by atoms with Gasteiger partial charge in [0, 0.05) is 37.7 Å². The van der Waals surface area contributed by atoms with Crippen molar-refractivity contribution in [2.24, 2.45) is 11.8 Å². The summed E-state index contributed by atoms with van der Waals surface area (Å²) in [4.78, 5) is 14.2. The van der Waals surface area contributed by atoms with E-state index in [4.69, 9.17) is 0 Å². The maximum Gasteiger partial charge on any atom is 0.224 e. The van der Waals surface area contributed by atoms with E-state index in [0.29, 0.717) is 24.8 Å². The summed E-state index contributed by atoms with van der Waals surface area (Å²) in [5.41, 5.74) is 2.10. The van der Waals surface area contributed by atoms with Gasteiger partial charge in [-0.1, -0.05) is 0 Å². The second-order valence-electron chi connectivity index (χ2n) is 6.27. The fourth-order valence-electron chi connectivity index (χ4n) is 3.70. The molecule has 1 aliphatic heterocycles. The molecule has 3 rings (SSSR count). The molecule has 0 aromatic carbocycles. The Balaban J connectivity index is 1.54. The van der Waals surface area contributed by atoms with Crippen LogP contribution in [-0.2, 0) is 11.3 Å². The summed E-state index contributed by atoms with van der Waals surface area (Å²) in [6.45, 7) is 6.20. The number of rotatable bonds is 3. The predicted octanol–water partition coefficient (Wildman–Crippen LogP) is 1.12. The zero-order valence-electron chi connectivity index (χ0n) is 12.2. The molecular formula is C15H23N3O2. The molecule has 2 aliphatic rings. The normalized spacial score (nSPS) is 28.9. The zero-order chi connectivity index (χ0) is 14.3. The molecule has 5 nitrogen and oxygen atoms in total. The van der Waals surface area contributed by atoms with Crippen LogP contribution >= 0.6 is 0 Å². The molecule has 1 saturated carbocycles. The number of aliphatic hydroxyl groups excluding tert-OH is 1. The van der Waals surface area contributed by atoms with Crippen LogP contribution in [0.2, 0.25) is 0 Å². The van der Waals surface area contributed by atoms with Crippen LogP contribution in [0.15, 0.2) is 6.07 Å². The van der Waals surface area contributed by atoms with Gasteiger partial charge in [0.1, 0.15) is 0 Å². The molecule has 20 heavy (non-hydrogen) atoms. The molecule has 5 heteroatoms. The van der Waals surface area contributed by atoms with Gasteiger partial charge in [-0.25, -0.2) is 0 Å². The van der Waals surface area contributed by atoms with Crippen LogP contribution < -0.4 is 0 Å². The van der Waals surface area contributed by atoms with Gasteiger partial charge in [0.2, 0.25) is 5.91 Å². The van der Waals surface area contributed by atoms with Gasteiger partial charge in [-0.15, -0.1) is 0 Å². The second kappa shape index (κ2) is 5.20. The summed E-state index contributed by atoms with van der Waals surface area (Å²) < 4.78 is 1.90. The van der Waals surface area contributed by atoms with Gasteiger partial charge in [-0.05, 0) is 38.7 Å². The van der Waals surface area contributed by atoms with Crippen molar-refractivity contribution < 1.29 is 9.90 Å². The average molecular weight is 277 g/mol. The molecular weight excluding hydrogens is 254 g/mol. The maximum atomic E-state index is 12.3. The van der Waals surface area contributed by atoms with E-state index >= 15 is 0 Å². The van der Waals surface area contributed by atoms with Crippen LogP contribution in [0.25, 0.3) is 0 Å². The number of aliphatic hydroxyl groups is 1. The quantitative estimate of drug-likeness (QED) is 0.900. The minimum Gasteiger partial charge on any atom is -0.393 e. The number of fused-ring (bicyclic) bond motifs is 1. The van der Waals surface area contributed by atoms with Gasteiger partial charge < -0.3 is 10.0 Å². The monoisotopic (exact) mass is 277 g/mol. The third kappa shape index (κ3) is 2.46. The zero-order valence-corrected chi connectivity index (χ0v) is 12.2. The van der Waals surface area contributed by atoms with E-state index < -0.39 is 0 Å². The number of likely N-dealkylation sites (tertiary alicyclic amines) is 1. The van der Waals surface area contributed by atoms with Crippen LogP contribution in [-0.4, -0.2) is 44.9 Å². The first-order valence-electron chi connectivity index (χ1n) is 7.51. The van der Waals surface area contributed by atoms with Gasteiger partial charge in [-0.3, -0.25) is 9.48 Å². The highest BCUT2D eigenvalue weighted by Crippen LogP contribution is 2.38. The lowest BCUT2D eigenvalue weighted by Crippen LogP contribution is -2.31. The van der Waals surface area contributed by atoms with Crippen LogP contribution in [0.5, 0.6) is 0 Å². The van der Waals surface area contributed by atoms with Crippen LogP contribution in [0.4, 0.5) is 0 Å². The van der Waals surface area contributed by atoms with Crippen LogP contribution in [0, 0.1) is 25.7 Å². The Morgan fingerprint density at radius 2 is 2.20 bits per heavy atom. The molecule has 3 unspecified atom stereocenters. The molecule has 110 valence electrons. The number of hydrogen-bond acceptors (Lipinski definition) is 3. The summed E-state index contributed by atoms with van der Waals surface area (Å²) in [7, 11) is 0. The number of carbonyl (C=O) groups excluding carboxylic acids is 1. The smallest absolute Gasteiger partial charge is 0.224 e. The minimum atomic E-state index is -0.200. The molecule has 1 aromatic rings. The fraction of sp³-hybridized carbons (Fsp3) is 0.733. The van der Waals surface area contributed by atoms with E-state index in [1.165, 1.54) is 0 Å². The number of carbonyl (C=O) groups is 1. The van der Waals surface area contributed by atoms with Gasteiger partial charge in [0.05, 0.1) is 11.8 Å². The van der Waals surface area contributed by atoms with E-state index in [0.717, 1.165) is 37.3 Å². The molecule has 1 saturated heterocycles. The van der Waals surface area contributed by atoms with E-state index in [1.54, 1.807) is 0 Å². The largest absolute Gasteiger partial charge is 0.393 e. The molecule has 2 fully saturated rings. The number of aromatic nitrogens is 2. The highest BCUT2D eigenvalue weighted by Gasteiger charge is 2.42. The lowest BCUT2D eigenvalue weighted by Gasteiger charge is -2.18. The molecule has 1 amide bonds. The SMILES string of the molecule is Cc1cc(C)n(CCC(=O)N2CC3CCC(O)C3C2)n1. The Kier molecular flexibility index (Phi) is 3.54. The topological polar surface area (TPSA) is 58.4 Å². The highest BCUT2D eigenvalue weighted by molar-refractivity contribution is 5.76. The Morgan fingerprint density at radius 3 is 2.85 bits per heavy atom. The summed E-state index contributed by atoms with van der Waals surface area (Å²) in [6, 6.07) is 2.03. The van der Waals surface area contributed by atoms with Crippen molar-refractivity contribution in [2.75, 3.05) is 13.1 Å². The van der Waals surface area contributed by atoms with E-state index in [2.05, 4.69) is 5.10 Å². The van der Waals surface area contributed by atoms with E-state index in [1.807, 2.05) is 29.5 Å². The van der Waals surface area contributed by atoms with Gasteiger partial charge in [0.15, 0.2) is 0 Å². The third-order valence-corrected chi connectivity index (χ3v) is 4.81. The van der Waals surface area contributed by atoms with Gasteiger partial charge >= 0.3 is 0 Å². The number of hydrogen-bond donors (Lipinski definition) is 1. The van der Waals surface area contributed by atoms with Crippen molar-refractivity contribution in [3.8, 4) is 0 Å². The lowest BCUT2D eigenvalue weighted by molar-refractivity contribution is -0.130. The van der Waals surface area contributed by atoms with Crippen molar-refractivity contribution in [2.45, 2.75) is 45.8 Å². The Bertz CT molecular complexity index is 511. The standard InChI is InChI=1S/C15H23N3O2/c1-10-7-11(2)18(16-10)6-5-15(20)17-8-12-3-4-14(19)13(12)9-17/h7,12-14,19H,3-6,8-9H2,1-2H3. The highest BCUT2D eigenvalue weighted by atomic mass is 16.3. The van der Waals surface area contributed by atoms with Crippen molar-refractivity contribution in [1.29, 1.82) is 0 Å². The van der Waals surface area contributed by atoms with Crippen molar-refractivity contribution in [3.63, 3.8) is 0 Å². The number of aryl methyl sites for hydroxylation is 3. The van der Waals surface area contributed by atoms with Gasteiger partial charge in [-0.2, -0.15) is 5.10 Å². The van der Waals surface area contributed by atoms with E-state index in [-0.39, 0.29) is 12.0 Å². The van der Waals surface area contributed by atoms with Crippen LogP contribution in [0.3, 0.4) is 0 Å². The molecule has 0 radical (unpaired) electrons. The third-order valence-electron chi connectivity index (χ3n) is 4.81. The lowest BCUT2D eigenvalue weighted by atomic mass is 10.00. The number of nitrogens with zero attached hydrogens (tertiary/aromatic N) is 3. The molecule has 2 heterocycles. The summed E-state index contributed by atoms with van der Waals surface area (Å²) >= 11 is 0. The molecule has 1 N–H and O–H groups in total. The number of amides is 1. The Morgan fingerprint density at radius 1 is 1.40 bits per heavy atom. The molecule has 0 spiro atoms. The summed E-state index contributed by atoms with van der Waals surface area (Å²) in [5, 5.41) is 14.3. The predicted molar refractivity (Wildman–Crippen MR) is 75.1 cm³/mol. The molecule has 1 aromatic heterocycles. The molecule has 0 bridgehead atoms. The average Bonchev–Trinajstić information content (AvgIpc) is 3.04. The van der Waals surface area contributed by atoms with Crippen molar-refractivity contribution in [3.05, 3.63) is 17.5 Å². The van der Waals surface area contributed by atoms with Gasteiger partial charge in [0.25, 0.3) is 0 Å². The first-order valence-corrected chi connectivity index (χ1v) is 7.51. The fourth-order valence-corrected chi connectivity index (χ4v) is 3.70. The Hall–Kier alpha value is -1.36. The van der Waals surface area contributed by atoms with E-state index in [9.17, 15) is 9.90 Å². The second-order valence-corrected chi connectivity index (χ2v) is 6.27. The molecule has 1 aliphatic carbocycles. The van der Waals surface area contributed by atoms with Crippen LogP contribution in [0.1, 0.15) is 30.7 Å². The van der Waals surface area contributed by atoms with Crippen molar-refractivity contribution >= 4 is 5.91 Å². The minimum absolute atomic E-state index is 0.194. The summed E-state index contributed by atoms with van der Waals surface area (Å²) in [6.07, 6.45) is 2.27. The Labute approximate surface area is 119 Å². The first kappa shape index (κ1) is 13.6. The van der Waals surface area contributed by atoms with Crippen molar-refractivity contribution in [1.82, 2.24) is 14.7 Å².